The second-order valence-corrected chi connectivity index (χ2v) is 17.5. The van der Waals surface area contributed by atoms with Gasteiger partial charge in [0.25, 0.3) is 0 Å². The molecule has 2 atom stereocenters. The number of hydrogen-bond acceptors (Lipinski definition) is 4. The summed E-state index contributed by atoms with van der Waals surface area (Å²) in [6.45, 7) is 24.1. The monoisotopic (exact) mass is 1050 g/mol. The number of phenolic OH excluding ortho intramolecular Hbond substituents is 2. The largest absolute Gasteiger partial charge is 0.507 e. The molecule has 0 saturated carbocycles. The number of rotatable bonds is 11. The first-order chi connectivity index (χ1) is 31.7. The molecule has 0 fully saturated rings. The number of aromatic hydroxyl groups is 2. The van der Waals surface area contributed by atoms with E-state index >= 15 is 0 Å². The van der Waals surface area contributed by atoms with Crippen molar-refractivity contribution >= 4 is 0 Å². The normalized spacial score (nSPS) is 11.4. The smallest absolute Gasteiger partial charge is 0.140 e. The van der Waals surface area contributed by atoms with Gasteiger partial charge in [-0.05, 0) is 124 Å². The summed E-state index contributed by atoms with van der Waals surface area (Å²) < 4.78 is 13.7. The van der Waals surface area contributed by atoms with Crippen LogP contribution in [-0.4, -0.2) is 22.4 Å². The van der Waals surface area contributed by atoms with E-state index in [2.05, 4.69) is 93.5 Å². The number of benzene rings is 8. The standard InChI is InChI=1S/C48H50O4.2C7H7.Hf/c1-29-15-19-39(20-16-29)51-43(27-37-11-9-13-41(47(37)49)45-33(5)23-31(3)24-34(45)6)44(52-40-21-17-30(2)18-22-40)28-38-12-10-14-42(48(38)50)46-35(7)25-32(4)26-36(46)8;2*1-7-5-3-2-4-6-7;/h9-26,43-44,49-50H,27-28H2,1-8H3;2*2-6H,1H2;/q;2*-1;. The number of para-hydroxylation sites is 2. The Morgan fingerprint density at radius 3 is 0.985 bits per heavy atom. The Hall–Kier alpha value is -6.43. The van der Waals surface area contributed by atoms with Crippen LogP contribution in [0.3, 0.4) is 0 Å². The van der Waals surface area contributed by atoms with E-state index in [1.165, 1.54) is 11.1 Å². The van der Waals surface area contributed by atoms with Crippen LogP contribution in [0.5, 0.6) is 23.0 Å². The van der Waals surface area contributed by atoms with Gasteiger partial charge < -0.3 is 19.7 Å². The molecule has 0 spiro atoms. The molecule has 0 saturated heterocycles. The summed E-state index contributed by atoms with van der Waals surface area (Å²) in [6, 6.07) is 56.3. The van der Waals surface area contributed by atoms with Crippen LogP contribution in [0.25, 0.3) is 22.3 Å². The Balaban J connectivity index is 0.000000477. The number of ether oxygens (including phenoxy) is 2. The van der Waals surface area contributed by atoms with Crippen molar-refractivity contribution in [1.82, 2.24) is 0 Å². The van der Waals surface area contributed by atoms with Crippen LogP contribution in [0.1, 0.15) is 66.8 Å². The molecule has 0 aliphatic carbocycles. The molecule has 4 nitrogen and oxygen atoms in total. The van der Waals surface area contributed by atoms with Gasteiger partial charge in [0.15, 0.2) is 0 Å². The van der Waals surface area contributed by atoms with Gasteiger partial charge in [0.05, 0.1) is 0 Å². The molecule has 0 heterocycles. The van der Waals surface area contributed by atoms with Gasteiger partial charge in [-0.2, -0.15) is 49.2 Å². The molecule has 5 heteroatoms. The molecular weight excluding hydrogens is 987 g/mol. The molecular formula is C62H64HfO4-2. The van der Waals surface area contributed by atoms with E-state index in [4.69, 9.17) is 9.47 Å². The van der Waals surface area contributed by atoms with E-state index in [1.807, 2.05) is 146 Å². The van der Waals surface area contributed by atoms with Crippen molar-refractivity contribution < 1.29 is 45.5 Å². The molecule has 8 rings (SSSR count). The first-order valence-corrected chi connectivity index (χ1v) is 22.7. The van der Waals surface area contributed by atoms with Crippen molar-refractivity contribution in [1.29, 1.82) is 0 Å². The summed E-state index contributed by atoms with van der Waals surface area (Å²) in [5, 5.41) is 23.9. The van der Waals surface area contributed by atoms with Crippen molar-refractivity contribution in [3.05, 3.63) is 250 Å². The zero-order chi connectivity index (χ0) is 47.3. The Morgan fingerprint density at radius 2 is 0.701 bits per heavy atom. The predicted octanol–water partition coefficient (Wildman–Crippen LogP) is 15.3. The van der Waals surface area contributed by atoms with Crippen LogP contribution in [0, 0.1) is 69.2 Å². The molecule has 342 valence electrons. The summed E-state index contributed by atoms with van der Waals surface area (Å²) in [7, 11) is 0. The fourth-order valence-electron chi connectivity index (χ4n) is 8.60. The summed E-state index contributed by atoms with van der Waals surface area (Å²) in [5.74, 6) is 1.88. The average molecular weight is 1050 g/mol. The van der Waals surface area contributed by atoms with E-state index in [0.717, 1.165) is 77.9 Å². The summed E-state index contributed by atoms with van der Waals surface area (Å²) in [4.78, 5) is 0. The van der Waals surface area contributed by atoms with Gasteiger partial charge in [-0.15, -0.1) is 24.3 Å². The average Bonchev–Trinajstić information content (AvgIpc) is 3.27. The third kappa shape index (κ3) is 14.3. The van der Waals surface area contributed by atoms with Crippen LogP contribution in [-0.2, 0) is 38.7 Å². The molecule has 0 radical (unpaired) electrons. The van der Waals surface area contributed by atoms with Crippen molar-refractivity contribution in [3.63, 3.8) is 0 Å². The van der Waals surface area contributed by atoms with Crippen molar-refractivity contribution in [2.45, 2.75) is 80.4 Å². The first-order valence-electron chi connectivity index (χ1n) is 22.7. The molecule has 0 aromatic heterocycles. The predicted molar refractivity (Wildman–Crippen MR) is 276 cm³/mol. The maximum absolute atomic E-state index is 11.9. The van der Waals surface area contributed by atoms with E-state index in [-0.39, 0.29) is 37.3 Å². The second-order valence-electron chi connectivity index (χ2n) is 17.5. The maximum atomic E-state index is 11.9. The molecule has 0 aliphatic heterocycles. The fourth-order valence-corrected chi connectivity index (χ4v) is 8.60. The summed E-state index contributed by atoms with van der Waals surface area (Å²) >= 11 is 0. The Morgan fingerprint density at radius 1 is 0.388 bits per heavy atom. The number of phenols is 2. The molecule has 0 amide bonds. The quantitative estimate of drug-likeness (QED) is 0.100. The Kier molecular flexibility index (Phi) is 18.8. The minimum absolute atomic E-state index is 0. The van der Waals surface area contributed by atoms with E-state index < -0.39 is 12.2 Å². The molecule has 67 heavy (non-hydrogen) atoms. The maximum Gasteiger partial charge on any atom is 0.140 e. The van der Waals surface area contributed by atoms with E-state index in [9.17, 15) is 10.2 Å². The molecule has 8 aromatic rings. The van der Waals surface area contributed by atoms with E-state index in [0.29, 0.717) is 24.3 Å². The molecule has 8 aromatic carbocycles. The van der Waals surface area contributed by atoms with Gasteiger partial charge in [-0.1, -0.05) is 119 Å². The summed E-state index contributed by atoms with van der Waals surface area (Å²) in [5.41, 5.74) is 16.5. The summed E-state index contributed by atoms with van der Waals surface area (Å²) in [6.07, 6.45) is -0.359. The minimum atomic E-state index is -0.545. The zero-order valence-corrected chi connectivity index (χ0v) is 44.0. The second kappa shape index (κ2) is 24.4. The van der Waals surface area contributed by atoms with E-state index in [1.54, 1.807) is 0 Å². The zero-order valence-electron chi connectivity index (χ0n) is 40.4. The molecule has 2 unspecified atom stereocenters. The number of aryl methyl sites for hydroxylation is 8. The third-order valence-corrected chi connectivity index (χ3v) is 11.7. The number of hydrogen-bond donors (Lipinski definition) is 2. The van der Waals surface area contributed by atoms with Gasteiger partial charge in [-0.25, -0.2) is 0 Å². The van der Waals surface area contributed by atoms with Gasteiger partial charge in [0, 0.05) is 49.8 Å². The van der Waals surface area contributed by atoms with Crippen molar-refractivity contribution in [2.75, 3.05) is 0 Å². The van der Waals surface area contributed by atoms with Crippen molar-refractivity contribution in [3.8, 4) is 45.3 Å². The Labute approximate surface area is 419 Å². The van der Waals surface area contributed by atoms with Crippen molar-refractivity contribution in [2.24, 2.45) is 0 Å². The Bertz CT molecular complexity index is 2570. The van der Waals surface area contributed by atoms with Crippen LogP contribution < -0.4 is 9.47 Å². The van der Waals surface area contributed by atoms with Crippen LogP contribution in [0.2, 0.25) is 0 Å². The fraction of sp³-hybridized carbons (Fsp3) is 0.194. The minimum Gasteiger partial charge on any atom is -0.507 e. The SMILES string of the molecule is Cc1ccc(OC(Cc2cccc(-c3c(C)cc(C)cc3C)c2O)C(Cc2cccc(-c3c(C)cc(C)cc3C)c2O)Oc2ccc(C)cc2)cc1.[CH2-]c1ccccc1.[CH2-]c1ccccc1.[Hf]. The third-order valence-electron chi connectivity index (χ3n) is 11.7. The van der Waals surface area contributed by atoms with Crippen LogP contribution >= 0.6 is 0 Å². The van der Waals surface area contributed by atoms with Gasteiger partial charge in [0.2, 0.25) is 0 Å². The topological polar surface area (TPSA) is 58.9 Å². The van der Waals surface area contributed by atoms with Gasteiger partial charge in [-0.3, -0.25) is 0 Å². The van der Waals surface area contributed by atoms with Crippen LogP contribution in [0.4, 0.5) is 0 Å². The van der Waals surface area contributed by atoms with Gasteiger partial charge >= 0.3 is 0 Å². The van der Waals surface area contributed by atoms with Crippen LogP contribution in [0.15, 0.2) is 170 Å². The van der Waals surface area contributed by atoms with Gasteiger partial charge in [0.1, 0.15) is 35.2 Å². The first kappa shape index (κ1) is 51.6. The molecule has 2 N–H and O–H groups in total. The molecule has 0 bridgehead atoms. The molecule has 0 aliphatic rings.